The molecular formula is C26H43N3O4S. The van der Waals surface area contributed by atoms with Crippen LogP contribution in [0, 0.1) is 6.92 Å². The molecule has 0 saturated heterocycles. The Balaban J connectivity index is 3.36. The molecule has 3 atom stereocenters. The quantitative estimate of drug-likeness (QED) is 0.288. The number of unbranched alkanes of at least 4 members (excludes halogenated alkanes) is 2. The Bertz CT molecular complexity index is 809. The van der Waals surface area contributed by atoms with Crippen molar-refractivity contribution in [3.63, 3.8) is 0 Å². The Labute approximate surface area is 210 Å². The third-order valence-electron chi connectivity index (χ3n) is 5.58. The maximum Gasteiger partial charge on any atom is 0.408 e. The predicted molar refractivity (Wildman–Crippen MR) is 140 cm³/mol. The van der Waals surface area contributed by atoms with Crippen molar-refractivity contribution >= 4 is 30.5 Å². The fourth-order valence-electron chi connectivity index (χ4n) is 3.61. The lowest BCUT2D eigenvalue weighted by Gasteiger charge is -2.38. The molecule has 0 aliphatic rings. The summed E-state index contributed by atoms with van der Waals surface area (Å²) in [4.78, 5) is 41.3. The van der Waals surface area contributed by atoms with Crippen LogP contribution in [0.5, 0.6) is 0 Å². The number of thiol groups is 1. The number of alkyl carbamates (subject to hydrolysis) is 1. The molecule has 7 nitrogen and oxygen atoms in total. The number of hydrogen-bond donors (Lipinski definition) is 3. The zero-order valence-corrected chi connectivity index (χ0v) is 22.7. The van der Waals surface area contributed by atoms with Gasteiger partial charge in [-0.3, -0.25) is 9.59 Å². The van der Waals surface area contributed by atoms with Gasteiger partial charge in [-0.2, -0.15) is 12.6 Å². The number of hydrogen-bond acceptors (Lipinski definition) is 5. The number of carbonyl (C=O) groups is 3. The molecule has 0 aliphatic heterocycles. The molecule has 0 spiro atoms. The first-order valence-electron chi connectivity index (χ1n) is 12.2. The van der Waals surface area contributed by atoms with Gasteiger partial charge in [0.15, 0.2) is 0 Å². The summed E-state index contributed by atoms with van der Waals surface area (Å²) < 4.78 is 5.34. The molecule has 0 heterocycles. The standard InChI is InChI=1S/C26H43N3O4S/c1-8-10-13-16-27-23(30)22(20-15-12-11-14-18(20)3)29(19(4)9-2)24(31)21(17-34)28-25(32)33-26(5,6)7/h11-12,14-15,19,21-22,34H,8-10,13,16-17H2,1-7H3,(H,27,30)(H,28,32). The van der Waals surface area contributed by atoms with Gasteiger partial charge >= 0.3 is 6.09 Å². The molecule has 0 aliphatic carbocycles. The zero-order valence-electron chi connectivity index (χ0n) is 21.8. The van der Waals surface area contributed by atoms with Gasteiger partial charge < -0.3 is 20.3 Å². The summed E-state index contributed by atoms with van der Waals surface area (Å²) in [6, 6.07) is 5.58. The van der Waals surface area contributed by atoms with Gasteiger partial charge in [-0.25, -0.2) is 4.79 Å². The minimum absolute atomic E-state index is 0.0730. The lowest BCUT2D eigenvalue weighted by atomic mass is 9.96. The van der Waals surface area contributed by atoms with Crippen molar-refractivity contribution in [1.29, 1.82) is 0 Å². The average Bonchev–Trinajstić information content (AvgIpc) is 2.77. The Morgan fingerprint density at radius 1 is 1.12 bits per heavy atom. The van der Waals surface area contributed by atoms with E-state index < -0.39 is 23.8 Å². The average molecular weight is 494 g/mol. The summed E-state index contributed by atoms with van der Waals surface area (Å²) >= 11 is 4.32. The van der Waals surface area contributed by atoms with Crippen LogP contribution in [0.1, 0.15) is 84.4 Å². The van der Waals surface area contributed by atoms with Crippen molar-refractivity contribution in [2.45, 2.75) is 97.9 Å². The number of ether oxygens (including phenoxy) is 1. The van der Waals surface area contributed by atoms with Crippen molar-refractivity contribution < 1.29 is 19.1 Å². The third kappa shape index (κ3) is 9.20. The van der Waals surface area contributed by atoms with Crippen LogP contribution in [-0.2, 0) is 14.3 Å². The van der Waals surface area contributed by atoms with Crippen LogP contribution in [0.2, 0.25) is 0 Å². The highest BCUT2D eigenvalue weighted by atomic mass is 32.1. The van der Waals surface area contributed by atoms with Gasteiger partial charge in [-0.15, -0.1) is 0 Å². The number of carbonyl (C=O) groups excluding carboxylic acids is 3. The molecule has 1 aromatic carbocycles. The smallest absolute Gasteiger partial charge is 0.408 e. The summed E-state index contributed by atoms with van der Waals surface area (Å²) in [6.45, 7) is 13.7. The molecule has 0 saturated carbocycles. The maximum absolute atomic E-state index is 13.8. The lowest BCUT2D eigenvalue weighted by Crippen LogP contribution is -2.56. The Kier molecular flexibility index (Phi) is 12.5. The van der Waals surface area contributed by atoms with E-state index >= 15 is 0 Å². The van der Waals surface area contributed by atoms with Crippen LogP contribution in [0.3, 0.4) is 0 Å². The van der Waals surface area contributed by atoms with Crippen LogP contribution in [0.25, 0.3) is 0 Å². The first kappa shape index (κ1) is 29.8. The van der Waals surface area contributed by atoms with Crippen LogP contribution < -0.4 is 10.6 Å². The summed E-state index contributed by atoms with van der Waals surface area (Å²) in [5, 5.41) is 5.66. The Morgan fingerprint density at radius 3 is 2.29 bits per heavy atom. The van der Waals surface area contributed by atoms with Gasteiger partial charge in [-0.1, -0.05) is 51.0 Å². The van der Waals surface area contributed by atoms with Gasteiger partial charge in [-0.05, 0) is 58.6 Å². The fraction of sp³-hybridized carbons (Fsp3) is 0.654. The molecule has 3 unspecified atom stereocenters. The largest absolute Gasteiger partial charge is 0.444 e. The van der Waals surface area contributed by atoms with Crippen molar-refractivity contribution in [2.75, 3.05) is 12.3 Å². The topological polar surface area (TPSA) is 87.7 Å². The van der Waals surface area contributed by atoms with Crippen molar-refractivity contribution in [2.24, 2.45) is 0 Å². The van der Waals surface area contributed by atoms with Crippen LogP contribution in [0.15, 0.2) is 24.3 Å². The fourth-order valence-corrected chi connectivity index (χ4v) is 3.85. The third-order valence-corrected chi connectivity index (χ3v) is 5.95. The minimum Gasteiger partial charge on any atom is -0.444 e. The van der Waals surface area contributed by atoms with Gasteiger partial charge in [0.1, 0.15) is 17.7 Å². The van der Waals surface area contributed by atoms with E-state index in [4.69, 9.17) is 4.74 Å². The Morgan fingerprint density at radius 2 is 1.76 bits per heavy atom. The molecule has 0 aromatic heterocycles. The number of rotatable bonds is 12. The van der Waals surface area contributed by atoms with Crippen LogP contribution >= 0.6 is 12.6 Å². The second-order valence-corrected chi connectivity index (χ2v) is 10.0. The molecule has 1 aromatic rings. The number of nitrogens with zero attached hydrogens (tertiary/aromatic N) is 1. The molecular weight excluding hydrogens is 450 g/mol. The first-order valence-corrected chi connectivity index (χ1v) is 12.9. The number of aryl methyl sites for hydroxylation is 1. The second kappa shape index (κ2) is 14.2. The molecule has 2 N–H and O–H groups in total. The minimum atomic E-state index is -0.938. The SMILES string of the molecule is CCCCCNC(=O)C(c1ccccc1C)N(C(=O)C(CS)NC(=O)OC(C)(C)C)C(C)CC. The normalized spacial score (nSPS) is 14.0. The van der Waals surface area contributed by atoms with E-state index in [2.05, 4.69) is 30.2 Å². The molecule has 0 bridgehead atoms. The maximum atomic E-state index is 13.8. The van der Waals surface area contributed by atoms with Crippen LogP contribution in [0.4, 0.5) is 4.79 Å². The summed E-state index contributed by atoms with van der Waals surface area (Å²) in [6.07, 6.45) is 2.89. The zero-order chi connectivity index (χ0) is 25.9. The molecule has 34 heavy (non-hydrogen) atoms. The van der Waals surface area contributed by atoms with E-state index in [0.29, 0.717) is 13.0 Å². The van der Waals surface area contributed by atoms with E-state index in [-0.39, 0.29) is 23.6 Å². The van der Waals surface area contributed by atoms with Gasteiger partial charge in [0.25, 0.3) is 0 Å². The van der Waals surface area contributed by atoms with Crippen molar-refractivity contribution in [1.82, 2.24) is 15.5 Å². The molecule has 3 amide bonds. The van der Waals surface area contributed by atoms with Gasteiger partial charge in [0, 0.05) is 18.3 Å². The highest BCUT2D eigenvalue weighted by Gasteiger charge is 2.38. The van der Waals surface area contributed by atoms with E-state index in [9.17, 15) is 14.4 Å². The van der Waals surface area contributed by atoms with E-state index in [1.165, 1.54) is 0 Å². The first-order chi connectivity index (χ1) is 16.0. The van der Waals surface area contributed by atoms with E-state index in [0.717, 1.165) is 30.4 Å². The molecule has 0 radical (unpaired) electrons. The summed E-state index contributed by atoms with van der Waals surface area (Å²) in [5.74, 6) is -0.523. The number of nitrogens with one attached hydrogen (secondary N) is 2. The lowest BCUT2D eigenvalue weighted by molar-refractivity contribution is -0.144. The van der Waals surface area contributed by atoms with Crippen molar-refractivity contribution in [3.8, 4) is 0 Å². The monoisotopic (exact) mass is 493 g/mol. The number of benzene rings is 1. The highest BCUT2D eigenvalue weighted by molar-refractivity contribution is 7.80. The second-order valence-electron chi connectivity index (χ2n) is 9.64. The summed E-state index contributed by atoms with van der Waals surface area (Å²) in [7, 11) is 0. The molecule has 192 valence electrons. The number of amides is 3. The Hall–Kier alpha value is -2.22. The van der Waals surface area contributed by atoms with Crippen molar-refractivity contribution in [3.05, 3.63) is 35.4 Å². The highest BCUT2D eigenvalue weighted by Crippen LogP contribution is 2.28. The van der Waals surface area contributed by atoms with Gasteiger partial charge in [0.2, 0.25) is 11.8 Å². The van der Waals surface area contributed by atoms with E-state index in [1.54, 1.807) is 25.7 Å². The van der Waals surface area contributed by atoms with Crippen LogP contribution in [-0.4, -0.2) is 52.8 Å². The van der Waals surface area contributed by atoms with Gasteiger partial charge in [0.05, 0.1) is 0 Å². The predicted octanol–water partition coefficient (Wildman–Crippen LogP) is 4.79. The molecule has 8 heteroatoms. The molecule has 0 fully saturated rings. The van der Waals surface area contributed by atoms with E-state index in [1.807, 2.05) is 45.0 Å². The summed E-state index contributed by atoms with van der Waals surface area (Å²) in [5.41, 5.74) is 0.978. The molecule has 1 rings (SSSR count).